The Labute approximate surface area is 65.7 Å². The van der Waals surface area contributed by atoms with Crippen LogP contribution in [0.3, 0.4) is 0 Å². The van der Waals surface area contributed by atoms with E-state index in [1.807, 2.05) is 6.92 Å². The van der Waals surface area contributed by atoms with E-state index < -0.39 is 5.92 Å². The average molecular weight is 156 g/mol. The second kappa shape index (κ2) is 3.03. The number of hydrogen-bond acceptors (Lipinski definition) is 3. The lowest BCUT2D eigenvalue weighted by atomic mass is 10.1. The monoisotopic (exact) mass is 156 g/mol. The summed E-state index contributed by atoms with van der Waals surface area (Å²) in [7, 11) is 1.32. The molecular weight excluding hydrogens is 144 g/mol. The van der Waals surface area contributed by atoms with Crippen molar-refractivity contribution in [3.8, 4) is 0 Å². The zero-order valence-corrected chi connectivity index (χ0v) is 6.79. The summed E-state index contributed by atoms with van der Waals surface area (Å²) in [5.74, 6) is -0.773. The van der Waals surface area contributed by atoms with Gasteiger partial charge in [0, 0.05) is 5.92 Å². The topological polar surface area (TPSA) is 43.4 Å². The smallest absolute Gasteiger partial charge is 0.316 e. The Morgan fingerprint density at radius 2 is 2.18 bits per heavy atom. The SMILES string of the molecule is COC(=O)[C@@H]1CC[C@H](C)C1=O. The van der Waals surface area contributed by atoms with E-state index in [4.69, 9.17) is 0 Å². The molecule has 0 radical (unpaired) electrons. The lowest BCUT2D eigenvalue weighted by Gasteiger charge is -2.04. The molecular formula is C8H12O3. The standard InChI is InChI=1S/C8H12O3/c1-5-3-4-6(7(5)9)8(10)11-2/h5-6H,3-4H2,1-2H3/t5-,6+/m0/s1. The predicted molar refractivity (Wildman–Crippen MR) is 38.9 cm³/mol. The molecule has 1 saturated carbocycles. The van der Waals surface area contributed by atoms with Gasteiger partial charge >= 0.3 is 5.97 Å². The second-order valence-electron chi connectivity index (χ2n) is 2.96. The molecule has 2 atom stereocenters. The van der Waals surface area contributed by atoms with Gasteiger partial charge in [0.1, 0.15) is 11.7 Å². The highest BCUT2D eigenvalue weighted by molar-refractivity contribution is 6.01. The van der Waals surface area contributed by atoms with Gasteiger partial charge in [-0.1, -0.05) is 6.92 Å². The molecule has 3 heteroatoms. The van der Waals surface area contributed by atoms with E-state index in [-0.39, 0.29) is 17.7 Å². The van der Waals surface area contributed by atoms with Crippen LogP contribution in [0.25, 0.3) is 0 Å². The van der Waals surface area contributed by atoms with Gasteiger partial charge in [0.15, 0.2) is 0 Å². The van der Waals surface area contributed by atoms with Gasteiger partial charge in [0.25, 0.3) is 0 Å². The molecule has 0 aromatic heterocycles. The largest absolute Gasteiger partial charge is 0.468 e. The van der Waals surface area contributed by atoms with Crippen LogP contribution in [-0.2, 0) is 14.3 Å². The van der Waals surface area contributed by atoms with Crippen molar-refractivity contribution in [3.63, 3.8) is 0 Å². The van der Waals surface area contributed by atoms with Crippen molar-refractivity contribution in [2.45, 2.75) is 19.8 Å². The van der Waals surface area contributed by atoms with E-state index in [0.717, 1.165) is 6.42 Å². The van der Waals surface area contributed by atoms with Crippen LogP contribution in [0.1, 0.15) is 19.8 Å². The first-order chi connectivity index (χ1) is 5.16. The molecule has 0 heterocycles. The number of ether oxygens (including phenoxy) is 1. The molecule has 11 heavy (non-hydrogen) atoms. The van der Waals surface area contributed by atoms with E-state index in [0.29, 0.717) is 6.42 Å². The molecule has 0 aliphatic heterocycles. The van der Waals surface area contributed by atoms with Crippen molar-refractivity contribution in [3.05, 3.63) is 0 Å². The molecule has 0 amide bonds. The number of ketones is 1. The normalized spacial score (nSPS) is 30.5. The van der Waals surface area contributed by atoms with Gasteiger partial charge in [0.2, 0.25) is 0 Å². The molecule has 1 fully saturated rings. The Kier molecular flexibility index (Phi) is 2.27. The molecule has 0 saturated heterocycles. The summed E-state index contributed by atoms with van der Waals surface area (Å²) < 4.78 is 4.49. The number of methoxy groups -OCH3 is 1. The lowest BCUT2D eigenvalue weighted by molar-refractivity contribution is -0.148. The Morgan fingerprint density at radius 3 is 2.55 bits per heavy atom. The lowest BCUT2D eigenvalue weighted by Crippen LogP contribution is -2.22. The van der Waals surface area contributed by atoms with Gasteiger partial charge in [-0.15, -0.1) is 0 Å². The van der Waals surface area contributed by atoms with Crippen molar-refractivity contribution in [2.75, 3.05) is 7.11 Å². The molecule has 0 aromatic carbocycles. The van der Waals surface area contributed by atoms with Crippen LogP contribution in [0, 0.1) is 11.8 Å². The summed E-state index contributed by atoms with van der Waals surface area (Å²) in [6, 6.07) is 0. The minimum Gasteiger partial charge on any atom is -0.468 e. The quantitative estimate of drug-likeness (QED) is 0.416. The molecule has 3 nitrogen and oxygen atoms in total. The van der Waals surface area contributed by atoms with Crippen molar-refractivity contribution >= 4 is 11.8 Å². The van der Waals surface area contributed by atoms with Gasteiger partial charge in [-0.3, -0.25) is 9.59 Å². The maximum absolute atomic E-state index is 11.2. The van der Waals surface area contributed by atoms with Crippen LogP contribution in [0.2, 0.25) is 0 Å². The summed E-state index contributed by atoms with van der Waals surface area (Å²) in [6.07, 6.45) is 1.48. The third-order valence-electron chi connectivity index (χ3n) is 2.20. The van der Waals surface area contributed by atoms with Crippen LogP contribution < -0.4 is 0 Å². The van der Waals surface area contributed by atoms with E-state index in [2.05, 4.69) is 4.74 Å². The summed E-state index contributed by atoms with van der Waals surface area (Å²) >= 11 is 0. The summed E-state index contributed by atoms with van der Waals surface area (Å²) in [5.41, 5.74) is 0. The predicted octanol–water partition coefficient (Wildman–Crippen LogP) is 0.775. The average Bonchev–Trinajstić information content (AvgIpc) is 2.32. The van der Waals surface area contributed by atoms with Crippen molar-refractivity contribution in [1.29, 1.82) is 0 Å². The molecule has 1 aliphatic rings. The van der Waals surface area contributed by atoms with Crippen LogP contribution in [0.15, 0.2) is 0 Å². The molecule has 1 rings (SSSR count). The Morgan fingerprint density at radius 1 is 1.55 bits per heavy atom. The number of esters is 1. The highest BCUT2D eigenvalue weighted by atomic mass is 16.5. The number of rotatable bonds is 1. The van der Waals surface area contributed by atoms with Crippen molar-refractivity contribution in [2.24, 2.45) is 11.8 Å². The van der Waals surface area contributed by atoms with Crippen LogP contribution in [0.5, 0.6) is 0 Å². The highest BCUT2D eigenvalue weighted by Gasteiger charge is 2.36. The molecule has 0 aromatic rings. The summed E-state index contributed by atoms with van der Waals surface area (Å²) in [4.78, 5) is 22.1. The van der Waals surface area contributed by atoms with E-state index in [1.165, 1.54) is 7.11 Å². The fraction of sp³-hybridized carbons (Fsp3) is 0.750. The zero-order valence-electron chi connectivity index (χ0n) is 6.79. The van der Waals surface area contributed by atoms with Gasteiger partial charge in [-0.05, 0) is 12.8 Å². The van der Waals surface area contributed by atoms with Gasteiger partial charge in [-0.25, -0.2) is 0 Å². The maximum Gasteiger partial charge on any atom is 0.316 e. The van der Waals surface area contributed by atoms with Crippen LogP contribution >= 0.6 is 0 Å². The molecule has 62 valence electrons. The van der Waals surface area contributed by atoms with Crippen LogP contribution in [0.4, 0.5) is 0 Å². The first kappa shape index (κ1) is 8.24. The molecule has 0 N–H and O–H groups in total. The number of carbonyl (C=O) groups is 2. The molecule has 1 aliphatic carbocycles. The number of carbonyl (C=O) groups excluding carboxylic acids is 2. The fourth-order valence-corrected chi connectivity index (χ4v) is 1.42. The highest BCUT2D eigenvalue weighted by Crippen LogP contribution is 2.27. The minimum atomic E-state index is -0.477. The molecule has 0 spiro atoms. The van der Waals surface area contributed by atoms with Gasteiger partial charge in [-0.2, -0.15) is 0 Å². The molecule has 0 bridgehead atoms. The van der Waals surface area contributed by atoms with E-state index in [9.17, 15) is 9.59 Å². The Bertz CT molecular complexity index is 186. The third kappa shape index (κ3) is 1.42. The Hall–Kier alpha value is -0.860. The molecule has 0 unspecified atom stereocenters. The first-order valence-corrected chi connectivity index (χ1v) is 3.78. The number of hydrogen-bond donors (Lipinski definition) is 0. The fourth-order valence-electron chi connectivity index (χ4n) is 1.42. The van der Waals surface area contributed by atoms with E-state index in [1.54, 1.807) is 0 Å². The van der Waals surface area contributed by atoms with Crippen LogP contribution in [-0.4, -0.2) is 18.9 Å². The minimum absolute atomic E-state index is 0.0388. The van der Waals surface area contributed by atoms with Crippen molar-refractivity contribution < 1.29 is 14.3 Å². The van der Waals surface area contributed by atoms with Crippen molar-refractivity contribution in [1.82, 2.24) is 0 Å². The maximum atomic E-state index is 11.2. The Balaban J connectivity index is 2.62. The number of Topliss-reactive ketones (excluding diaryl/α,β-unsaturated/α-hetero) is 1. The second-order valence-corrected chi connectivity index (χ2v) is 2.96. The first-order valence-electron chi connectivity index (χ1n) is 3.78. The zero-order chi connectivity index (χ0) is 8.43. The summed E-state index contributed by atoms with van der Waals surface area (Å²) in [5, 5.41) is 0. The van der Waals surface area contributed by atoms with Gasteiger partial charge in [0.05, 0.1) is 7.11 Å². The summed E-state index contributed by atoms with van der Waals surface area (Å²) in [6.45, 7) is 1.85. The third-order valence-corrected chi connectivity index (χ3v) is 2.20. The van der Waals surface area contributed by atoms with Gasteiger partial charge < -0.3 is 4.74 Å². The van der Waals surface area contributed by atoms with E-state index >= 15 is 0 Å².